The van der Waals surface area contributed by atoms with E-state index in [1.807, 2.05) is 24.3 Å². The Morgan fingerprint density at radius 2 is 1.76 bits per heavy atom. The van der Waals surface area contributed by atoms with Crippen molar-refractivity contribution in [2.75, 3.05) is 6.54 Å². The minimum atomic E-state index is -0.519. The number of carbonyl (C=O) groups is 2. The highest BCUT2D eigenvalue weighted by Gasteiger charge is 2.31. The predicted octanol–water partition coefficient (Wildman–Crippen LogP) is 4.48. The second kappa shape index (κ2) is 10.2. The lowest BCUT2D eigenvalue weighted by atomic mass is 10.0. The molecular formula is C24H29FN2O2. The van der Waals surface area contributed by atoms with Crippen molar-refractivity contribution < 1.29 is 14.0 Å². The first-order valence-corrected chi connectivity index (χ1v) is 10.5. The molecule has 1 N–H and O–H groups in total. The fourth-order valence-electron chi connectivity index (χ4n) is 3.69. The average Bonchev–Trinajstić information content (AvgIpc) is 2.96. The Labute approximate surface area is 172 Å². The van der Waals surface area contributed by atoms with Gasteiger partial charge in [0.05, 0.1) is 0 Å². The molecule has 0 spiro atoms. The molecule has 1 unspecified atom stereocenters. The molecule has 0 bridgehead atoms. The number of rotatable bonds is 7. The Bertz CT molecular complexity index is 818. The van der Waals surface area contributed by atoms with Gasteiger partial charge in [0.2, 0.25) is 5.91 Å². The molecular weight excluding hydrogens is 367 g/mol. The van der Waals surface area contributed by atoms with E-state index in [1.54, 1.807) is 17.0 Å². The van der Waals surface area contributed by atoms with Crippen molar-refractivity contribution in [3.63, 3.8) is 0 Å². The van der Waals surface area contributed by atoms with Gasteiger partial charge in [-0.2, -0.15) is 0 Å². The first kappa shape index (κ1) is 21.0. The van der Waals surface area contributed by atoms with E-state index in [1.165, 1.54) is 17.7 Å². The van der Waals surface area contributed by atoms with Crippen LogP contribution in [0.3, 0.4) is 0 Å². The highest BCUT2D eigenvalue weighted by Crippen LogP contribution is 2.20. The number of carbonyl (C=O) groups excluding carboxylic acids is 2. The molecule has 29 heavy (non-hydrogen) atoms. The maximum absolute atomic E-state index is 13.4. The minimum Gasteiger partial charge on any atom is -0.354 e. The first-order valence-electron chi connectivity index (χ1n) is 10.5. The summed E-state index contributed by atoms with van der Waals surface area (Å²) in [6.07, 6.45) is 5.66. The zero-order valence-corrected chi connectivity index (χ0v) is 17.0. The molecule has 3 rings (SSSR count). The van der Waals surface area contributed by atoms with E-state index >= 15 is 0 Å². The monoisotopic (exact) mass is 396 g/mol. The standard InChI is InChI=1S/C24H29FN2O2/c1-2-3-6-18-8-12-20(13-9-18)24(29)27(17-19-10-14-21(25)15-11-19)22-7-4-5-16-26-23(22)28/h8-15,22H,2-7,16-17H2,1H3,(H,26,28). The highest BCUT2D eigenvalue weighted by molar-refractivity contribution is 5.97. The maximum Gasteiger partial charge on any atom is 0.254 e. The summed E-state index contributed by atoms with van der Waals surface area (Å²) in [5.41, 5.74) is 2.58. The zero-order valence-electron chi connectivity index (χ0n) is 17.0. The summed E-state index contributed by atoms with van der Waals surface area (Å²) in [4.78, 5) is 27.6. The highest BCUT2D eigenvalue weighted by atomic mass is 19.1. The van der Waals surface area contributed by atoms with Crippen LogP contribution in [-0.4, -0.2) is 29.3 Å². The van der Waals surface area contributed by atoms with Gasteiger partial charge in [-0.1, -0.05) is 37.6 Å². The van der Waals surface area contributed by atoms with Crippen molar-refractivity contribution in [1.29, 1.82) is 0 Å². The molecule has 1 aliphatic rings. The summed E-state index contributed by atoms with van der Waals surface area (Å²) in [5, 5.41) is 2.92. The molecule has 154 valence electrons. The van der Waals surface area contributed by atoms with E-state index in [-0.39, 0.29) is 24.2 Å². The lowest BCUT2D eigenvalue weighted by Crippen LogP contribution is -2.48. The van der Waals surface area contributed by atoms with E-state index in [0.717, 1.165) is 37.7 Å². The molecule has 0 radical (unpaired) electrons. The average molecular weight is 397 g/mol. The third-order valence-electron chi connectivity index (χ3n) is 5.43. The Morgan fingerprint density at radius 1 is 1.07 bits per heavy atom. The fraction of sp³-hybridized carbons (Fsp3) is 0.417. The number of hydrogen-bond acceptors (Lipinski definition) is 2. The van der Waals surface area contributed by atoms with Crippen molar-refractivity contribution in [3.8, 4) is 0 Å². The molecule has 0 aliphatic carbocycles. The SMILES string of the molecule is CCCCc1ccc(C(=O)N(Cc2ccc(F)cc2)C2CCCCNC2=O)cc1. The molecule has 4 nitrogen and oxygen atoms in total. The van der Waals surface area contributed by atoms with Crippen LogP contribution in [0.2, 0.25) is 0 Å². The topological polar surface area (TPSA) is 49.4 Å². The van der Waals surface area contributed by atoms with Gasteiger partial charge >= 0.3 is 0 Å². The molecule has 1 aliphatic heterocycles. The molecule has 5 heteroatoms. The molecule has 1 heterocycles. The second-order valence-corrected chi connectivity index (χ2v) is 7.66. The molecule has 1 atom stereocenters. The van der Waals surface area contributed by atoms with E-state index in [4.69, 9.17) is 0 Å². The van der Waals surface area contributed by atoms with Crippen LogP contribution in [-0.2, 0) is 17.8 Å². The predicted molar refractivity (Wildman–Crippen MR) is 112 cm³/mol. The van der Waals surface area contributed by atoms with Crippen molar-refractivity contribution in [2.24, 2.45) is 0 Å². The fourth-order valence-corrected chi connectivity index (χ4v) is 3.69. The first-order chi connectivity index (χ1) is 14.1. The van der Waals surface area contributed by atoms with Crippen LogP contribution in [0.15, 0.2) is 48.5 Å². The summed E-state index contributed by atoms with van der Waals surface area (Å²) in [6.45, 7) is 3.07. The molecule has 0 aromatic heterocycles. The largest absolute Gasteiger partial charge is 0.354 e. The second-order valence-electron chi connectivity index (χ2n) is 7.66. The molecule has 2 aromatic carbocycles. The van der Waals surface area contributed by atoms with Crippen LogP contribution in [0.25, 0.3) is 0 Å². The van der Waals surface area contributed by atoms with Gasteiger partial charge in [0.25, 0.3) is 5.91 Å². The molecule has 1 fully saturated rings. The van der Waals surface area contributed by atoms with E-state index in [2.05, 4.69) is 12.2 Å². The van der Waals surface area contributed by atoms with Gasteiger partial charge in [0.15, 0.2) is 0 Å². The van der Waals surface area contributed by atoms with E-state index in [0.29, 0.717) is 18.5 Å². The van der Waals surface area contributed by atoms with Crippen LogP contribution >= 0.6 is 0 Å². The van der Waals surface area contributed by atoms with Gasteiger partial charge in [-0.05, 0) is 67.5 Å². The summed E-state index contributed by atoms with van der Waals surface area (Å²) in [7, 11) is 0. The number of amides is 2. The Balaban J connectivity index is 1.85. The minimum absolute atomic E-state index is 0.113. The number of unbranched alkanes of at least 4 members (excludes halogenated alkanes) is 1. The summed E-state index contributed by atoms with van der Waals surface area (Å²) in [5.74, 6) is -0.600. The van der Waals surface area contributed by atoms with E-state index < -0.39 is 6.04 Å². The maximum atomic E-state index is 13.4. The van der Waals surface area contributed by atoms with Crippen LogP contribution in [0.5, 0.6) is 0 Å². The number of aryl methyl sites for hydroxylation is 1. The van der Waals surface area contributed by atoms with Crippen molar-refractivity contribution in [3.05, 3.63) is 71.0 Å². The number of hydrogen-bond donors (Lipinski definition) is 1. The van der Waals surface area contributed by atoms with Gasteiger partial charge in [0.1, 0.15) is 11.9 Å². The summed E-state index contributed by atoms with van der Waals surface area (Å²) >= 11 is 0. The lowest BCUT2D eigenvalue weighted by molar-refractivity contribution is -0.125. The molecule has 2 aromatic rings. The van der Waals surface area contributed by atoms with Crippen LogP contribution in [0.4, 0.5) is 4.39 Å². The summed E-state index contributed by atoms with van der Waals surface area (Å²) in [6, 6.07) is 13.3. The van der Waals surface area contributed by atoms with Gasteiger partial charge in [-0.25, -0.2) is 4.39 Å². The van der Waals surface area contributed by atoms with Crippen LogP contribution < -0.4 is 5.32 Å². The normalized spacial score (nSPS) is 16.8. The van der Waals surface area contributed by atoms with Crippen molar-refractivity contribution >= 4 is 11.8 Å². The molecule has 2 amide bonds. The Morgan fingerprint density at radius 3 is 2.45 bits per heavy atom. The Kier molecular flexibility index (Phi) is 7.39. The number of nitrogens with zero attached hydrogens (tertiary/aromatic N) is 1. The number of nitrogens with one attached hydrogen (secondary N) is 1. The smallest absolute Gasteiger partial charge is 0.254 e. The van der Waals surface area contributed by atoms with Crippen LogP contribution in [0, 0.1) is 5.82 Å². The van der Waals surface area contributed by atoms with Gasteiger partial charge < -0.3 is 10.2 Å². The third-order valence-corrected chi connectivity index (χ3v) is 5.43. The third kappa shape index (κ3) is 5.66. The lowest BCUT2D eigenvalue weighted by Gasteiger charge is -2.30. The van der Waals surface area contributed by atoms with E-state index in [9.17, 15) is 14.0 Å². The van der Waals surface area contributed by atoms with Gasteiger partial charge in [-0.15, -0.1) is 0 Å². The zero-order chi connectivity index (χ0) is 20.6. The molecule has 0 saturated carbocycles. The van der Waals surface area contributed by atoms with Gasteiger partial charge in [-0.3, -0.25) is 9.59 Å². The van der Waals surface area contributed by atoms with Crippen LogP contribution in [0.1, 0.15) is 60.5 Å². The van der Waals surface area contributed by atoms with Crippen molar-refractivity contribution in [2.45, 2.75) is 58.0 Å². The number of halogens is 1. The van der Waals surface area contributed by atoms with Gasteiger partial charge in [0, 0.05) is 18.7 Å². The summed E-state index contributed by atoms with van der Waals surface area (Å²) < 4.78 is 13.3. The van der Waals surface area contributed by atoms with Crippen molar-refractivity contribution in [1.82, 2.24) is 10.2 Å². The quantitative estimate of drug-likeness (QED) is 0.750. The number of benzene rings is 2. The molecule has 1 saturated heterocycles. The Hall–Kier alpha value is -2.69.